The van der Waals surface area contributed by atoms with Gasteiger partial charge in [0.05, 0.1) is 15.8 Å². The van der Waals surface area contributed by atoms with Crippen LogP contribution >= 0.6 is 24.0 Å². The smallest absolute Gasteiger partial charge is 0.326 e. The van der Waals surface area contributed by atoms with Gasteiger partial charge >= 0.3 is 5.97 Å². The van der Waals surface area contributed by atoms with E-state index in [1.165, 1.54) is 0 Å². The Bertz CT molecular complexity index is 925. The van der Waals surface area contributed by atoms with Crippen molar-refractivity contribution in [2.45, 2.75) is 68.7 Å². The Morgan fingerprint density at radius 1 is 1.25 bits per heavy atom. The number of carboxylic acids is 1. The van der Waals surface area contributed by atoms with Gasteiger partial charge in [-0.25, -0.2) is 4.79 Å². The average molecular weight is 476 g/mol. The molecule has 2 unspecified atom stereocenters. The summed E-state index contributed by atoms with van der Waals surface area (Å²) < 4.78 is 0. The van der Waals surface area contributed by atoms with Crippen molar-refractivity contribution in [3.63, 3.8) is 0 Å². The van der Waals surface area contributed by atoms with Crippen LogP contribution in [-0.4, -0.2) is 44.7 Å². The molecule has 172 valence electrons. The van der Waals surface area contributed by atoms with Crippen LogP contribution in [0.3, 0.4) is 0 Å². The summed E-state index contributed by atoms with van der Waals surface area (Å²) in [5.41, 5.74) is 0.447. The third-order valence-corrected chi connectivity index (χ3v) is 7.15. The number of nitrogens with zero attached hydrogens (tertiary/aromatic N) is 1. The zero-order valence-corrected chi connectivity index (χ0v) is 19.8. The average Bonchev–Trinajstić information content (AvgIpc) is 3.47. The standard InChI is InChI=1S/C23H29N3O4S2/c1-2-6-18(31)20(27)26-23(10-3-4-11-23)22(30)25-17(21(28)29)13-15-8-9-16(24-14-15)19-7-5-12-32-19/h5,7-9,12,14,17-18,31H,2-4,6,10-11,13H2,1H3,(H,25,30)(H,26,27)(H,28,29). The van der Waals surface area contributed by atoms with Crippen LogP contribution in [0.1, 0.15) is 51.0 Å². The fourth-order valence-corrected chi connectivity index (χ4v) is 4.98. The van der Waals surface area contributed by atoms with E-state index in [0.717, 1.165) is 29.8 Å². The molecular formula is C23H29N3O4S2. The third kappa shape index (κ3) is 5.89. The molecule has 3 N–H and O–H groups in total. The highest BCUT2D eigenvalue weighted by Crippen LogP contribution is 2.31. The molecule has 2 aromatic rings. The minimum Gasteiger partial charge on any atom is -0.480 e. The molecule has 2 aromatic heterocycles. The minimum atomic E-state index is -1.13. The van der Waals surface area contributed by atoms with E-state index >= 15 is 0 Å². The van der Waals surface area contributed by atoms with Crippen LogP contribution in [-0.2, 0) is 20.8 Å². The van der Waals surface area contributed by atoms with Gasteiger partial charge in [0.15, 0.2) is 0 Å². The molecule has 0 bridgehead atoms. The van der Waals surface area contributed by atoms with Crippen LogP contribution in [0, 0.1) is 0 Å². The largest absolute Gasteiger partial charge is 0.480 e. The number of hydrogen-bond donors (Lipinski definition) is 4. The molecule has 7 nitrogen and oxygen atoms in total. The quantitative estimate of drug-likeness (QED) is 0.394. The van der Waals surface area contributed by atoms with E-state index in [1.54, 1.807) is 17.5 Å². The second kappa shape index (κ2) is 11.0. The van der Waals surface area contributed by atoms with Gasteiger partial charge in [-0.05, 0) is 42.3 Å². The lowest BCUT2D eigenvalue weighted by atomic mass is 9.94. The predicted octanol–water partition coefficient (Wildman–Crippen LogP) is 3.45. The molecule has 1 fully saturated rings. The number of carbonyl (C=O) groups is 3. The first-order valence-electron chi connectivity index (χ1n) is 10.9. The predicted molar refractivity (Wildman–Crippen MR) is 128 cm³/mol. The van der Waals surface area contributed by atoms with E-state index in [4.69, 9.17) is 0 Å². The first-order chi connectivity index (χ1) is 15.3. The molecule has 0 saturated heterocycles. The van der Waals surface area contributed by atoms with E-state index < -0.39 is 28.7 Å². The maximum absolute atomic E-state index is 13.2. The molecule has 1 aliphatic rings. The second-order valence-corrected chi connectivity index (χ2v) is 9.75. The Morgan fingerprint density at radius 2 is 2.00 bits per heavy atom. The van der Waals surface area contributed by atoms with Crippen molar-refractivity contribution in [2.24, 2.45) is 0 Å². The van der Waals surface area contributed by atoms with Crippen molar-refractivity contribution in [3.8, 4) is 10.6 Å². The molecule has 0 spiro atoms. The maximum atomic E-state index is 13.2. The fraction of sp³-hybridized carbons (Fsp3) is 0.478. The SMILES string of the molecule is CCCC(S)C(=O)NC1(C(=O)NC(Cc2ccc(-c3cccs3)nc2)C(=O)O)CCCC1. The van der Waals surface area contributed by atoms with Crippen molar-refractivity contribution in [3.05, 3.63) is 41.4 Å². The zero-order valence-electron chi connectivity index (χ0n) is 18.0. The monoisotopic (exact) mass is 475 g/mol. The Morgan fingerprint density at radius 3 is 2.56 bits per heavy atom. The number of amides is 2. The number of aromatic nitrogens is 1. The molecule has 0 aliphatic heterocycles. The second-order valence-electron chi connectivity index (χ2n) is 8.18. The number of thiophene rings is 1. The molecular weight excluding hydrogens is 446 g/mol. The van der Waals surface area contributed by atoms with Crippen molar-refractivity contribution in [2.75, 3.05) is 0 Å². The lowest BCUT2D eigenvalue weighted by Gasteiger charge is -2.31. The molecule has 3 rings (SSSR count). The van der Waals surface area contributed by atoms with E-state index in [1.807, 2.05) is 36.6 Å². The number of carboxylic acid groups (broad SMARTS) is 1. The van der Waals surface area contributed by atoms with Gasteiger partial charge in [0.25, 0.3) is 0 Å². The van der Waals surface area contributed by atoms with Gasteiger partial charge in [-0.2, -0.15) is 12.6 Å². The summed E-state index contributed by atoms with van der Waals surface area (Å²) in [6.07, 6.45) is 5.73. The Balaban J connectivity index is 1.69. The highest BCUT2D eigenvalue weighted by Gasteiger charge is 2.44. The summed E-state index contributed by atoms with van der Waals surface area (Å²) in [5, 5.41) is 16.7. The van der Waals surface area contributed by atoms with Crippen LogP contribution in [0.15, 0.2) is 35.8 Å². The summed E-state index contributed by atoms with van der Waals surface area (Å²) >= 11 is 5.92. The number of nitrogens with one attached hydrogen (secondary N) is 2. The van der Waals surface area contributed by atoms with E-state index in [-0.39, 0.29) is 12.3 Å². The molecule has 2 atom stereocenters. The van der Waals surface area contributed by atoms with Crippen molar-refractivity contribution in [1.29, 1.82) is 0 Å². The zero-order chi connectivity index (χ0) is 23.1. The molecule has 32 heavy (non-hydrogen) atoms. The van der Waals surface area contributed by atoms with Crippen LogP contribution in [0.25, 0.3) is 10.6 Å². The van der Waals surface area contributed by atoms with Crippen LogP contribution in [0.4, 0.5) is 0 Å². The summed E-state index contributed by atoms with van der Waals surface area (Å²) in [6, 6.07) is 6.47. The van der Waals surface area contributed by atoms with Gasteiger partial charge in [-0.3, -0.25) is 14.6 Å². The molecule has 1 saturated carbocycles. The molecule has 1 aliphatic carbocycles. The maximum Gasteiger partial charge on any atom is 0.326 e. The van der Waals surface area contributed by atoms with Crippen LogP contribution < -0.4 is 10.6 Å². The topological polar surface area (TPSA) is 108 Å². The van der Waals surface area contributed by atoms with Crippen molar-refractivity contribution >= 4 is 41.7 Å². The van der Waals surface area contributed by atoms with Crippen molar-refractivity contribution < 1.29 is 19.5 Å². The van der Waals surface area contributed by atoms with Gasteiger partial charge in [0, 0.05) is 12.6 Å². The molecule has 9 heteroatoms. The minimum absolute atomic E-state index is 0.105. The summed E-state index contributed by atoms with van der Waals surface area (Å²) in [6.45, 7) is 1.97. The number of thiol groups is 1. The van der Waals surface area contributed by atoms with E-state index in [2.05, 4.69) is 28.2 Å². The van der Waals surface area contributed by atoms with Gasteiger partial charge in [0.2, 0.25) is 11.8 Å². The van der Waals surface area contributed by atoms with Crippen LogP contribution in [0.5, 0.6) is 0 Å². The summed E-state index contributed by atoms with van der Waals surface area (Å²) in [4.78, 5) is 43.1. The Labute approximate surface area is 197 Å². The van der Waals surface area contributed by atoms with E-state index in [0.29, 0.717) is 24.8 Å². The number of rotatable bonds is 10. The summed E-state index contributed by atoms with van der Waals surface area (Å²) in [7, 11) is 0. The summed E-state index contributed by atoms with van der Waals surface area (Å²) in [5.74, 6) is -1.86. The molecule has 2 heterocycles. The van der Waals surface area contributed by atoms with Gasteiger partial charge in [0.1, 0.15) is 11.6 Å². The van der Waals surface area contributed by atoms with Gasteiger partial charge in [-0.15, -0.1) is 11.3 Å². The lowest BCUT2D eigenvalue weighted by Crippen LogP contribution is -2.61. The highest BCUT2D eigenvalue weighted by molar-refractivity contribution is 7.81. The Hall–Kier alpha value is -2.39. The van der Waals surface area contributed by atoms with Crippen molar-refractivity contribution in [1.82, 2.24) is 15.6 Å². The third-order valence-electron chi connectivity index (χ3n) is 5.76. The first kappa shape index (κ1) is 24.3. The van der Waals surface area contributed by atoms with Gasteiger partial charge < -0.3 is 15.7 Å². The number of hydrogen-bond acceptors (Lipinski definition) is 6. The number of pyridine rings is 1. The molecule has 2 amide bonds. The Kier molecular flexibility index (Phi) is 8.31. The molecule has 0 aromatic carbocycles. The number of aliphatic carboxylic acids is 1. The highest BCUT2D eigenvalue weighted by atomic mass is 32.1. The molecule has 0 radical (unpaired) electrons. The first-order valence-corrected chi connectivity index (χ1v) is 12.3. The number of carbonyl (C=O) groups excluding carboxylic acids is 2. The normalized spacial score (nSPS) is 16.8. The van der Waals surface area contributed by atoms with E-state index in [9.17, 15) is 19.5 Å². The van der Waals surface area contributed by atoms with Gasteiger partial charge in [-0.1, -0.05) is 38.3 Å². The lowest BCUT2D eigenvalue weighted by molar-refractivity contribution is -0.143. The van der Waals surface area contributed by atoms with Crippen LogP contribution in [0.2, 0.25) is 0 Å². The fourth-order valence-electron chi connectivity index (χ4n) is 3.96.